The lowest BCUT2D eigenvalue weighted by Crippen LogP contribution is -2.42. The number of carbonyl (C=O) groups is 2. The summed E-state index contributed by atoms with van der Waals surface area (Å²) in [6.45, 7) is 9.26. The van der Waals surface area contributed by atoms with Crippen molar-refractivity contribution in [1.29, 1.82) is 0 Å². The molecule has 0 aliphatic carbocycles. The van der Waals surface area contributed by atoms with Crippen molar-refractivity contribution in [3.05, 3.63) is 0 Å². The third kappa shape index (κ3) is 2.84. The number of nitrogens with zero attached hydrogens (tertiary/aromatic N) is 1. The molecule has 0 unspecified atom stereocenters. The summed E-state index contributed by atoms with van der Waals surface area (Å²) in [6.07, 6.45) is -0.513. The van der Waals surface area contributed by atoms with Crippen LogP contribution in [0.4, 0.5) is 4.79 Å². The van der Waals surface area contributed by atoms with E-state index in [1.165, 1.54) is 5.01 Å². The van der Waals surface area contributed by atoms with Gasteiger partial charge in [0.25, 0.3) is 0 Å². The van der Waals surface area contributed by atoms with Crippen LogP contribution < -0.4 is 5.43 Å². The first kappa shape index (κ1) is 11.8. The van der Waals surface area contributed by atoms with Gasteiger partial charge >= 0.3 is 6.09 Å². The molecular weight excluding hydrogens is 196 g/mol. The molecule has 0 atom stereocenters. The highest BCUT2D eigenvalue weighted by Crippen LogP contribution is 2.23. The van der Waals surface area contributed by atoms with E-state index in [9.17, 15) is 9.59 Å². The maximum absolute atomic E-state index is 11.6. The second-order valence-electron chi connectivity index (χ2n) is 5.39. The number of amides is 2. The van der Waals surface area contributed by atoms with Gasteiger partial charge in [-0.05, 0) is 34.6 Å². The predicted octanol–water partition coefficient (Wildman–Crippen LogP) is 1.29. The summed E-state index contributed by atoms with van der Waals surface area (Å²) in [5.41, 5.74) is 1.39. The molecule has 0 bridgehead atoms. The van der Waals surface area contributed by atoms with Crippen LogP contribution in [0.3, 0.4) is 0 Å². The molecule has 1 N–H and O–H groups in total. The number of hydrogen-bond acceptors (Lipinski definition) is 3. The molecule has 0 aromatic heterocycles. The zero-order chi connectivity index (χ0) is 11.9. The molecule has 1 aliphatic rings. The molecule has 1 aliphatic heterocycles. The minimum absolute atomic E-state index is 0.159. The van der Waals surface area contributed by atoms with Crippen LogP contribution in [0.25, 0.3) is 0 Å². The smallest absolute Gasteiger partial charge is 0.429 e. The zero-order valence-electron chi connectivity index (χ0n) is 9.88. The second kappa shape index (κ2) is 3.40. The fraction of sp³-hybridized carbons (Fsp3) is 0.800. The highest BCUT2D eigenvalue weighted by Gasteiger charge is 2.41. The van der Waals surface area contributed by atoms with Gasteiger partial charge in [-0.25, -0.2) is 9.80 Å². The topological polar surface area (TPSA) is 58.6 Å². The van der Waals surface area contributed by atoms with Crippen molar-refractivity contribution >= 4 is 12.0 Å². The first-order chi connectivity index (χ1) is 6.62. The summed E-state index contributed by atoms with van der Waals surface area (Å²) in [7, 11) is 0. The fourth-order valence-electron chi connectivity index (χ4n) is 1.21. The van der Waals surface area contributed by atoms with Crippen LogP contribution >= 0.6 is 0 Å². The van der Waals surface area contributed by atoms with Crippen molar-refractivity contribution in [1.82, 2.24) is 10.4 Å². The average molecular weight is 214 g/mol. The molecule has 1 saturated heterocycles. The van der Waals surface area contributed by atoms with E-state index in [1.807, 2.05) is 0 Å². The van der Waals surface area contributed by atoms with E-state index in [2.05, 4.69) is 5.43 Å². The fourth-order valence-corrected chi connectivity index (χ4v) is 1.21. The van der Waals surface area contributed by atoms with Gasteiger partial charge in [-0.2, -0.15) is 0 Å². The van der Waals surface area contributed by atoms with Gasteiger partial charge in [0, 0.05) is 0 Å². The van der Waals surface area contributed by atoms with Crippen LogP contribution in [-0.2, 0) is 9.53 Å². The summed E-state index contributed by atoms with van der Waals surface area (Å²) < 4.78 is 5.14. The van der Waals surface area contributed by atoms with E-state index in [-0.39, 0.29) is 5.91 Å². The number of hydrazine groups is 1. The van der Waals surface area contributed by atoms with E-state index in [0.29, 0.717) is 6.54 Å². The molecule has 86 valence electrons. The Balaban J connectivity index is 2.62. The average Bonchev–Trinajstić information content (AvgIpc) is 2.23. The molecule has 0 aromatic rings. The highest BCUT2D eigenvalue weighted by atomic mass is 16.6. The molecule has 1 heterocycles. The molecule has 5 nitrogen and oxygen atoms in total. The Morgan fingerprint density at radius 3 is 2.33 bits per heavy atom. The normalized spacial score (nSPS) is 20.1. The van der Waals surface area contributed by atoms with Crippen LogP contribution in [0.15, 0.2) is 0 Å². The lowest BCUT2D eigenvalue weighted by atomic mass is 9.94. The molecule has 1 fully saturated rings. The maximum atomic E-state index is 11.6. The van der Waals surface area contributed by atoms with Gasteiger partial charge in [-0.15, -0.1) is 0 Å². The largest absolute Gasteiger partial charge is 0.442 e. The zero-order valence-corrected chi connectivity index (χ0v) is 9.88. The minimum atomic E-state index is -0.547. The Kier molecular flexibility index (Phi) is 2.67. The molecule has 0 spiro atoms. The molecule has 2 amide bonds. The van der Waals surface area contributed by atoms with Crippen LogP contribution in [0, 0.1) is 5.41 Å². The molecule has 0 saturated carbocycles. The molecular formula is C10H18N2O3. The number of ether oxygens (including phenoxy) is 1. The number of rotatable bonds is 0. The van der Waals surface area contributed by atoms with Crippen molar-refractivity contribution in [3.8, 4) is 0 Å². The van der Waals surface area contributed by atoms with Crippen LogP contribution in [0.2, 0.25) is 0 Å². The summed E-state index contributed by atoms with van der Waals surface area (Å²) in [6, 6.07) is 0. The lowest BCUT2D eigenvalue weighted by Gasteiger charge is -2.24. The molecule has 15 heavy (non-hydrogen) atoms. The number of nitrogens with one attached hydrogen (secondary N) is 1. The first-order valence-corrected chi connectivity index (χ1v) is 4.93. The molecule has 0 aromatic carbocycles. The highest BCUT2D eigenvalue weighted by molar-refractivity contribution is 5.87. The second-order valence-corrected chi connectivity index (χ2v) is 5.39. The predicted molar refractivity (Wildman–Crippen MR) is 54.9 cm³/mol. The number of hydrogen-bond donors (Lipinski definition) is 1. The Hall–Kier alpha value is -1.26. The van der Waals surface area contributed by atoms with Gasteiger partial charge in [-0.3, -0.25) is 10.2 Å². The van der Waals surface area contributed by atoms with Crippen molar-refractivity contribution in [2.24, 2.45) is 5.41 Å². The maximum Gasteiger partial charge on any atom is 0.429 e. The summed E-state index contributed by atoms with van der Waals surface area (Å²) >= 11 is 0. The van der Waals surface area contributed by atoms with Gasteiger partial charge in [0.05, 0.1) is 12.0 Å². The Morgan fingerprint density at radius 2 is 2.00 bits per heavy atom. The van der Waals surface area contributed by atoms with Gasteiger partial charge in [-0.1, -0.05) is 0 Å². The molecule has 1 rings (SSSR count). The van der Waals surface area contributed by atoms with Crippen molar-refractivity contribution in [2.75, 3.05) is 6.54 Å². The Morgan fingerprint density at radius 1 is 1.47 bits per heavy atom. The van der Waals surface area contributed by atoms with Crippen LogP contribution in [0.5, 0.6) is 0 Å². The van der Waals surface area contributed by atoms with E-state index >= 15 is 0 Å². The van der Waals surface area contributed by atoms with Crippen molar-refractivity contribution in [2.45, 2.75) is 40.2 Å². The summed E-state index contributed by atoms with van der Waals surface area (Å²) in [4.78, 5) is 23.0. The summed E-state index contributed by atoms with van der Waals surface area (Å²) in [5, 5.41) is 1.22. The van der Waals surface area contributed by atoms with Crippen molar-refractivity contribution in [3.63, 3.8) is 0 Å². The third-order valence-electron chi connectivity index (χ3n) is 2.02. The van der Waals surface area contributed by atoms with Gasteiger partial charge in [0.2, 0.25) is 5.91 Å². The van der Waals surface area contributed by atoms with Gasteiger partial charge < -0.3 is 4.74 Å². The van der Waals surface area contributed by atoms with Gasteiger partial charge in [0.15, 0.2) is 0 Å². The van der Waals surface area contributed by atoms with E-state index in [4.69, 9.17) is 4.74 Å². The monoisotopic (exact) mass is 214 g/mol. The lowest BCUT2D eigenvalue weighted by molar-refractivity contribution is -0.126. The first-order valence-electron chi connectivity index (χ1n) is 4.93. The Bertz CT molecular complexity index is 292. The van der Waals surface area contributed by atoms with Gasteiger partial charge in [0.1, 0.15) is 5.60 Å². The number of carbonyl (C=O) groups excluding carboxylic acids is 2. The minimum Gasteiger partial charge on any atom is -0.442 e. The quantitative estimate of drug-likeness (QED) is 0.661. The third-order valence-corrected chi connectivity index (χ3v) is 2.02. The van der Waals surface area contributed by atoms with E-state index in [0.717, 1.165) is 0 Å². The Labute approximate surface area is 89.7 Å². The van der Waals surface area contributed by atoms with Crippen LogP contribution in [-0.4, -0.2) is 29.2 Å². The SMILES string of the molecule is CC(C)(C)OC(=O)N1CC(C)(C)C(=O)N1. The summed E-state index contributed by atoms with van der Waals surface area (Å²) in [5.74, 6) is -0.159. The van der Waals surface area contributed by atoms with Crippen molar-refractivity contribution < 1.29 is 14.3 Å². The van der Waals surface area contributed by atoms with E-state index < -0.39 is 17.1 Å². The standard InChI is InChI=1S/C10H18N2O3/c1-9(2,3)15-8(14)12-6-10(4,5)7(13)11-12/h6H2,1-5H3,(H,11,13). The molecule has 5 heteroatoms. The van der Waals surface area contributed by atoms with Crippen LogP contribution in [0.1, 0.15) is 34.6 Å². The molecule has 0 radical (unpaired) electrons. The van der Waals surface area contributed by atoms with E-state index in [1.54, 1.807) is 34.6 Å².